The fourth-order valence-corrected chi connectivity index (χ4v) is 3.67. The van der Waals surface area contributed by atoms with Crippen LogP contribution < -0.4 is 16.8 Å². The number of carbonyl (C=O) groups is 1. The molecule has 1 aromatic carbocycles. The van der Waals surface area contributed by atoms with E-state index in [2.05, 4.69) is 26.3 Å². The van der Waals surface area contributed by atoms with Crippen LogP contribution in [-0.4, -0.2) is 40.3 Å². The van der Waals surface area contributed by atoms with Crippen molar-refractivity contribution in [1.82, 2.24) is 15.2 Å². The Bertz CT molecular complexity index is 1080. The van der Waals surface area contributed by atoms with Crippen LogP contribution in [0.5, 0.6) is 0 Å². The monoisotopic (exact) mass is 453 g/mol. The van der Waals surface area contributed by atoms with Gasteiger partial charge in [0, 0.05) is 32.0 Å². The average Bonchev–Trinajstić information content (AvgIpc) is 2.77. The van der Waals surface area contributed by atoms with Gasteiger partial charge in [-0.1, -0.05) is 0 Å². The molecule has 10 heteroatoms. The first kappa shape index (κ1) is 23.8. The number of amidine groups is 1. The number of benzene rings is 1. The molecule has 1 fully saturated rings. The molecule has 33 heavy (non-hydrogen) atoms. The van der Waals surface area contributed by atoms with Crippen LogP contribution in [0.15, 0.2) is 59.5 Å². The molecule has 1 saturated heterocycles. The van der Waals surface area contributed by atoms with Crippen LogP contribution in [0, 0.1) is 23.0 Å². The number of carbonyl (C=O) groups excluding carboxylic acids is 1. The molecule has 0 bridgehead atoms. The Morgan fingerprint density at radius 2 is 1.91 bits per heavy atom. The Labute approximate surface area is 190 Å². The Morgan fingerprint density at radius 1 is 1.21 bits per heavy atom. The highest BCUT2D eigenvalue weighted by Gasteiger charge is 2.34. The number of nitrogens with one attached hydrogen (secondary N) is 1. The number of likely N-dealkylation sites (tertiary alicyclic amines) is 1. The molecular weight excluding hydrogens is 428 g/mol. The van der Waals surface area contributed by atoms with Crippen molar-refractivity contribution in [2.75, 3.05) is 13.1 Å². The van der Waals surface area contributed by atoms with Crippen LogP contribution in [0.25, 0.3) is 0 Å². The molecule has 1 aromatic heterocycles. The zero-order valence-electron chi connectivity index (χ0n) is 18.0. The van der Waals surface area contributed by atoms with Gasteiger partial charge in [0.25, 0.3) is 5.91 Å². The lowest BCUT2D eigenvalue weighted by atomic mass is 9.84. The van der Waals surface area contributed by atoms with E-state index in [-0.39, 0.29) is 23.6 Å². The Kier molecular flexibility index (Phi) is 7.69. The Hall–Kier alpha value is -3.84. The van der Waals surface area contributed by atoms with Gasteiger partial charge >= 0.3 is 0 Å². The van der Waals surface area contributed by atoms with Crippen molar-refractivity contribution in [2.45, 2.75) is 31.3 Å². The van der Waals surface area contributed by atoms with Gasteiger partial charge in [0.15, 0.2) is 0 Å². The molecule has 5 N–H and O–H groups in total. The lowest BCUT2D eigenvalue weighted by Gasteiger charge is -2.41. The molecule has 3 rings (SSSR count). The second kappa shape index (κ2) is 10.7. The zero-order valence-corrected chi connectivity index (χ0v) is 18.0. The molecule has 0 aliphatic carbocycles. The number of aliphatic imine (C=N–C) groups is 1. The minimum absolute atomic E-state index is 0.0371. The van der Waals surface area contributed by atoms with Gasteiger partial charge in [0.1, 0.15) is 17.5 Å². The number of hydrogen-bond acceptors (Lipinski definition) is 6. The number of halogens is 2. The summed E-state index contributed by atoms with van der Waals surface area (Å²) in [5, 5.41) is 12.6. The summed E-state index contributed by atoms with van der Waals surface area (Å²) in [5.41, 5.74) is 12.0. The summed E-state index contributed by atoms with van der Waals surface area (Å²) in [6, 6.07) is 8.96. The molecular formula is C23H25F2N7O. The summed E-state index contributed by atoms with van der Waals surface area (Å²) < 4.78 is 26.5. The Morgan fingerprint density at radius 3 is 2.52 bits per heavy atom. The van der Waals surface area contributed by atoms with Crippen LogP contribution in [0.2, 0.25) is 0 Å². The first-order chi connectivity index (χ1) is 15.8. The van der Waals surface area contributed by atoms with E-state index in [0.29, 0.717) is 38.2 Å². The van der Waals surface area contributed by atoms with Crippen LogP contribution in [0.1, 0.15) is 24.8 Å². The Balaban J connectivity index is 1.71. The molecule has 172 valence electrons. The van der Waals surface area contributed by atoms with E-state index in [1.54, 1.807) is 6.20 Å². The van der Waals surface area contributed by atoms with Gasteiger partial charge < -0.3 is 16.8 Å². The van der Waals surface area contributed by atoms with Gasteiger partial charge in [-0.15, -0.1) is 0 Å². The van der Waals surface area contributed by atoms with Gasteiger partial charge in [0.05, 0.1) is 35.5 Å². The minimum atomic E-state index is -0.783. The van der Waals surface area contributed by atoms with Crippen LogP contribution >= 0.6 is 0 Å². The number of pyridine rings is 1. The number of nitriles is 1. The third kappa shape index (κ3) is 6.57. The summed E-state index contributed by atoms with van der Waals surface area (Å²) in [5.74, 6) is -1.70. The average molecular weight is 453 g/mol. The van der Waals surface area contributed by atoms with Gasteiger partial charge in [-0.25, -0.2) is 13.8 Å². The smallest absolute Gasteiger partial charge is 0.253 e. The maximum absolute atomic E-state index is 13.4. The molecule has 0 saturated carbocycles. The third-order valence-electron chi connectivity index (χ3n) is 5.54. The molecule has 2 aromatic rings. The molecule has 1 aliphatic heterocycles. The largest absolute Gasteiger partial charge is 0.384 e. The van der Waals surface area contributed by atoms with Crippen LogP contribution in [0.4, 0.5) is 14.5 Å². The first-order valence-electron chi connectivity index (χ1n) is 10.4. The van der Waals surface area contributed by atoms with E-state index in [9.17, 15) is 18.8 Å². The number of aromatic nitrogens is 1. The van der Waals surface area contributed by atoms with Crippen LogP contribution in [-0.2, 0) is 11.3 Å². The summed E-state index contributed by atoms with van der Waals surface area (Å²) in [6.45, 7) is 1.86. The molecule has 1 amide bonds. The molecule has 0 unspecified atom stereocenters. The van der Waals surface area contributed by atoms with Crippen molar-refractivity contribution in [3.05, 3.63) is 71.7 Å². The van der Waals surface area contributed by atoms with Gasteiger partial charge in [-0.05, 0) is 48.7 Å². The van der Waals surface area contributed by atoms with Crippen molar-refractivity contribution in [1.29, 1.82) is 5.26 Å². The fraction of sp³-hybridized carbons (Fsp3) is 0.304. The van der Waals surface area contributed by atoms with Crippen molar-refractivity contribution >= 4 is 17.4 Å². The molecule has 1 aliphatic rings. The lowest BCUT2D eigenvalue weighted by molar-refractivity contribution is -0.114. The molecule has 2 heterocycles. The minimum Gasteiger partial charge on any atom is -0.384 e. The van der Waals surface area contributed by atoms with Crippen molar-refractivity contribution < 1.29 is 13.6 Å². The van der Waals surface area contributed by atoms with E-state index in [1.165, 1.54) is 36.5 Å². The molecule has 0 spiro atoms. The number of nitrogens with zero attached hydrogens (tertiary/aromatic N) is 4. The predicted molar refractivity (Wildman–Crippen MR) is 120 cm³/mol. The number of hydrogen-bond donors (Lipinski definition) is 3. The maximum Gasteiger partial charge on any atom is 0.253 e. The lowest BCUT2D eigenvalue weighted by Crippen LogP contribution is -2.51. The normalized spacial score (nSPS) is 16.8. The molecule has 8 nitrogen and oxygen atoms in total. The highest BCUT2D eigenvalue weighted by atomic mass is 19.1. The molecule has 0 radical (unpaired) electrons. The van der Waals surface area contributed by atoms with Crippen molar-refractivity contribution in [3.63, 3.8) is 0 Å². The fourth-order valence-electron chi connectivity index (χ4n) is 3.67. The second-order valence-corrected chi connectivity index (χ2v) is 7.94. The SMILES string of the molecule is N#CCC1(N/C=C(/C(N)=O)C(N)=Nc2ccc(F)cc2)CCN(Cc2cncc(F)c2)CC1. The number of amides is 1. The highest BCUT2D eigenvalue weighted by Crippen LogP contribution is 2.27. The van der Waals surface area contributed by atoms with Crippen molar-refractivity contribution in [2.24, 2.45) is 16.5 Å². The van der Waals surface area contributed by atoms with E-state index in [4.69, 9.17) is 11.5 Å². The summed E-state index contributed by atoms with van der Waals surface area (Å²) in [6.07, 6.45) is 5.62. The summed E-state index contributed by atoms with van der Waals surface area (Å²) in [7, 11) is 0. The zero-order chi connectivity index (χ0) is 23.8. The maximum atomic E-state index is 13.4. The number of piperidine rings is 1. The summed E-state index contributed by atoms with van der Waals surface area (Å²) >= 11 is 0. The summed E-state index contributed by atoms with van der Waals surface area (Å²) in [4.78, 5) is 22.1. The highest BCUT2D eigenvalue weighted by molar-refractivity contribution is 6.20. The van der Waals surface area contributed by atoms with E-state index >= 15 is 0 Å². The third-order valence-corrected chi connectivity index (χ3v) is 5.54. The second-order valence-electron chi connectivity index (χ2n) is 7.94. The quantitative estimate of drug-likeness (QED) is 0.319. The predicted octanol–water partition coefficient (Wildman–Crippen LogP) is 2.26. The van der Waals surface area contributed by atoms with Crippen LogP contribution in [0.3, 0.4) is 0 Å². The van der Waals surface area contributed by atoms with Crippen molar-refractivity contribution in [3.8, 4) is 6.07 Å². The topological polar surface area (TPSA) is 133 Å². The number of primary amides is 1. The van der Waals surface area contributed by atoms with E-state index in [1.807, 2.05) is 0 Å². The van der Waals surface area contributed by atoms with E-state index in [0.717, 1.165) is 11.8 Å². The molecule has 0 atom stereocenters. The number of rotatable bonds is 8. The van der Waals surface area contributed by atoms with E-state index < -0.39 is 17.3 Å². The first-order valence-corrected chi connectivity index (χ1v) is 10.4. The van der Waals surface area contributed by atoms with Gasteiger partial charge in [0.2, 0.25) is 0 Å². The van der Waals surface area contributed by atoms with Gasteiger partial charge in [-0.3, -0.25) is 14.7 Å². The number of nitrogens with two attached hydrogens (primary N) is 2. The van der Waals surface area contributed by atoms with Gasteiger partial charge in [-0.2, -0.15) is 5.26 Å². The standard InChI is InChI=1S/C23H25F2N7O/c24-17-1-3-19(4-2-17)31-21(27)20(22(28)33)14-30-23(5-8-26)6-9-32(10-7-23)15-16-11-18(25)13-29-12-16/h1-4,11-14,30H,5-7,9-10,15H2,(H2,27,31)(H2,28,33)/b20-14+.